The van der Waals surface area contributed by atoms with E-state index in [1.54, 1.807) is 0 Å². The van der Waals surface area contributed by atoms with Gasteiger partial charge in [0, 0.05) is 11.6 Å². The number of rotatable bonds is 4. The molecule has 0 saturated heterocycles. The number of benzene rings is 1. The number of ether oxygens (including phenoxy) is 1. The Labute approximate surface area is 79.7 Å². The van der Waals surface area contributed by atoms with Gasteiger partial charge in [-0.3, -0.25) is 0 Å². The Bertz CT molecular complexity index is 258. The van der Waals surface area contributed by atoms with Gasteiger partial charge >= 0.3 is 0 Å². The summed E-state index contributed by atoms with van der Waals surface area (Å²) in [4.78, 5) is 0. The van der Waals surface area contributed by atoms with Crippen molar-refractivity contribution in [3.63, 3.8) is 0 Å². The van der Waals surface area contributed by atoms with Crippen LogP contribution in [0, 0.1) is 0 Å². The Balaban J connectivity index is 2.78. The molecule has 1 aromatic rings. The third kappa shape index (κ3) is 2.74. The van der Waals surface area contributed by atoms with E-state index in [4.69, 9.17) is 10.5 Å². The summed E-state index contributed by atoms with van der Waals surface area (Å²) < 4.78 is 5.57. The summed E-state index contributed by atoms with van der Waals surface area (Å²) in [5.74, 6) is 0.916. The van der Waals surface area contributed by atoms with Crippen LogP contribution in [0.3, 0.4) is 0 Å². The predicted octanol–water partition coefficient (Wildman–Crippen LogP) is 2.50. The second-order valence-electron chi connectivity index (χ2n) is 3.17. The maximum atomic E-state index is 5.81. The van der Waals surface area contributed by atoms with Crippen LogP contribution in [0.2, 0.25) is 0 Å². The molecule has 72 valence electrons. The Morgan fingerprint density at radius 2 is 2.08 bits per heavy atom. The summed E-state index contributed by atoms with van der Waals surface area (Å²) in [6.45, 7) is 4.81. The van der Waals surface area contributed by atoms with E-state index >= 15 is 0 Å². The fourth-order valence-electron chi connectivity index (χ4n) is 1.20. The minimum absolute atomic E-state index is 0.0352. The van der Waals surface area contributed by atoms with Crippen molar-refractivity contribution in [1.29, 1.82) is 0 Å². The maximum Gasteiger partial charge on any atom is 0.124 e. The highest BCUT2D eigenvalue weighted by atomic mass is 16.5. The number of para-hydroxylation sites is 1. The topological polar surface area (TPSA) is 35.2 Å². The SMILES string of the molecule is CCCOc1ccccc1[C@H](C)N. The average molecular weight is 179 g/mol. The van der Waals surface area contributed by atoms with Crippen LogP contribution < -0.4 is 10.5 Å². The summed E-state index contributed by atoms with van der Waals surface area (Å²) in [7, 11) is 0. The van der Waals surface area contributed by atoms with Gasteiger partial charge in [0.2, 0.25) is 0 Å². The average Bonchev–Trinajstić information content (AvgIpc) is 2.15. The van der Waals surface area contributed by atoms with Gasteiger partial charge in [-0.2, -0.15) is 0 Å². The lowest BCUT2D eigenvalue weighted by molar-refractivity contribution is 0.312. The standard InChI is InChI=1S/C11H17NO/c1-3-8-13-11-7-5-4-6-10(11)9(2)12/h4-7,9H,3,8,12H2,1-2H3/t9-/m0/s1. The van der Waals surface area contributed by atoms with E-state index in [1.807, 2.05) is 31.2 Å². The van der Waals surface area contributed by atoms with E-state index in [-0.39, 0.29) is 6.04 Å². The van der Waals surface area contributed by atoms with Crippen molar-refractivity contribution in [2.45, 2.75) is 26.3 Å². The molecule has 0 spiro atoms. The Hall–Kier alpha value is -1.02. The molecule has 2 nitrogen and oxygen atoms in total. The van der Waals surface area contributed by atoms with Gasteiger partial charge in [0.15, 0.2) is 0 Å². The number of hydrogen-bond donors (Lipinski definition) is 1. The van der Waals surface area contributed by atoms with Gasteiger partial charge in [-0.25, -0.2) is 0 Å². The lowest BCUT2D eigenvalue weighted by Crippen LogP contribution is -2.08. The lowest BCUT2D eigenvalue weighted by atomic mass is 10.1. The van der Waals surface area contributed by atoms with Gasteiger partial charge < -0.3 is 10.5 Å². The van der Waals surface area contributed by atoms with Crippen LogP contribution in [0.15, 0.2) is 24.3 Å². The quantitative estimate of drug-likeness (QED) is 0.770. The molecule has 0 heterocycles. The number of nitrogens with two attached hydrogens (primary N) is 1. The van der Waals surface area contributed by atoms with E-state index < -0.39 is 0 Å². The minimum atomic E-state index is 0.0352. The third-order valence-electron chi connectivity index (χ3n) is 1.87. The highest BCUT2D eigenvalue weighted by Crippen LogP contribution is 2.22. The lowest BCUT2D eigenvalue weighted by Gasteiger charge is -2.12. The van der Waals surface area contributed by atoms with E-state index in [0.717, 1.165) is 24.3 Å². The molecule has 0 aliphatic rings. The van der Waals surface area contributed by atoms with Gasteiger partial charge in [0.05, 0.1) is 6.61 Å². The second kappa shape index (κ2) is 4.87. The molecular weight excluding hydrogens is 162 g/mol. The summed E-state index contributed by atoms with van der Waals surface area (Å²) in [6, 6.07) is 7.96. The van der Waals surface area contributed by atoms with Gasteiger partial charge in [0.1, 0.15) is 5.75 Å². The van der Waals surface area contributed by atoms with Crippen molar-refractivity contribution in [1.82, 2.24) is 0 Å². The van der Waals surface area contributed by atoms with Crippen LogP contribution in [0.5, 0.6) is 5.75 Å². The van der Waals surface area contributed by atoms with Crippen molar-refractivity contribution in [2.24, 2.45) is 5.73 Å². The first-order valence-electron chi connectivity index (χ1n) is 4.73. The molecule has 2 heteroatoms. The molecule has 0 unspecified atom stereocenters. The van der Waals surface area contributed by atoms with Crippen molar-refractivity contribution in [3.8, 4) is 5.75 Å². The van der Waals surface area contributed by atoms with Crippen molar-refractivity contribution in [3.05, 3.63) is 29.8 Å². The molecule has 1 aromatic carbocycles. The first-order chi connectivity index (χ1) is 6.25. The van der Waals surface area contributed by atoms with Gasteiger partial charge in [-0.15, -0.1) is 0 Å². The summed E-state index contributed by atoms with van der Waals surface area (Å²) in [5.41, 5.74) is 6.89. The molecule has 0 aliphatic heterocycles. The number of hydrogen-bond acceptors (Lipinski definition) is 2. The fraction of sp³-hybridized carbons (Fsp3) is 0.455. The zero-order chi connectivity index (χ0) is 9.68. The van der Waals surface area contributed by atoms with Crippen molar-refractivity contribution < 1.29 is 4.74 Å². The normalized spacial score (nSPS) is 12.5. The predicted molar refractivity (Wildman–Crippen MR) is 54.8 cm³/mol. The summed E-state index contributed by atoms with van der Waals surface area (Å²) >= 11 is 0. The Kier molecular flexibility index (Phi) is 3.77. The van der Waals surface area contributed by atoms with Gasteiger partial charge in [-0.1, -0.05) is 25.1 Å². The highest BCUT2D eigenvalue weighted by Gasteiger charge is 2.05. The molecule has 0 radical (unpaired) electrons. The highest BCUT2D eigenvalue weighted by molar-refractivity contribution is 5.35. The van der Waals surface area contributed by atoms with Crippen LogP contribution in [0.4, 0.5) is 0 Å². The molecule has 2 N–H and O–H groups in total. The van der Waals surface area contributed by atoms with Crippen LogP contribution in [0.1, 0.15) is 31.9 Å². The molecule has 0 fully saturated rings. The van der Waals surface area contributed by atoms with Gasteiger partial charge in [0.25, 0.3) is 0 Å². The van der Waals surface area contributed by atoms with Crippen LogP contribution in [0.25, 0.3) is 0 Å². The van der Waals surface area contributed by atoms with E-state index in [1.165, 1.54) is 0 Å². The third-order valence-corrected chi connectivity index (χ3v) is 1.87. The smallest absolute Gasteiger partial charge is 0.124 e. The molecule has 0 aliphatic carbocycles. The zero-order valence-corrected chi connectivity index (χ0v) is 8.29. The van der Waals surface area contributed by atoms with Crippen molar-refractivity contribution in [2.75, 3.05) is 6.61 Å². The first-order valence-corrected chi connectivity index (χ1v) is 4.73. The van der Waals surface area contributed by atoms with Crippen LogP contribution in [-0.2, 0) is 0 Å². The minimum Gasteiger partial charge on any atom is -0.493 e. The van der Waals surface area contributed by atoms with Crippen LogP contribution >= 0.6 is 0 Å². The largest absolute Gasteiger partial charge is 0.493 e. The second-order valence-corrected chi connectivity index (χ2v) is 3.17. The molecule has 0 bridgehead atoms. The van der Waals surface area contributed by atoms with Gasteiger partial charge in [-0.05, 0) is 19.4 Å². The zero-order valence-electron chi connectivity index (χ0n) is 8.29. The van der Waals surface area contributed by atoms with E-state index in [2.05, 4.69) is 6.92 Å². The first kappa shape index (κ1) is 10.1. The Morgan fingerprint density at radius 3 is 2.69 bits per heavy atom. The molecule has 1 rings (SSSR count). The summed E-state index contributed by atoms with van der Waals surface area (Å²) in [6.07, 6.45) is 1.02. The van der Waals surface area contributed by atoms with Crippen molar-refractivity contribution >= 4 is 0 Å². The monoisotopic (exact) mass is 179 g/mol. The summed E-state index contributed by atoms with van der Waals surface area (Å²) in [5, 5.41) is 0. The van der Waals surface area contributed by atoms with E-state index in [0.29, 0.717) is 0 Å². The maximum absolute atomic E-state index is 5.81. The molecular formula is C11H17NO. The molecule has 0 amide bonds. The van der Waals surface area contributed by atoms with E-state index in [9.17, 15) is 0 Å². The molecule has 0 saturated carbocycles. The molecule has 1 atom stereocenters. The van der Waals surface area contributed by atoms with Crippen LogP contribution in [-0.4, -0.2) is 6.61 Å². The molecule has 0 aromatic heterocycles. The Morgan fingerprint density at radius 1 is 1.38 bits per heavy atom. The molecule has 13 heavy (non-hydrogen) atoms. The fourth-order valence-corrected chi connectivity index (χ4v) is 1.20.